The molecular formula is C22H21NO3. The molecule has 2 aromatic rings. The van der Waals surface area contributed by atoms with Gasteiger partial charge in [-0.15, -0.1) is 0 Å². The van der Waals surface area contributed by atoms with Crippen LogP contribution in [0.4, 0.5) is 5.69 Å². The van der Waals surface area contributed by atoms with Gasteiger partial charge in [0.1, 0.15) is 11.5 Å². The number of likely N-dealkylation sites (N-methyl/N-ethyl adjacent to an activating group) is 1. The standard InChI is InChI=1S/C22H21NO3/c1-5-21(24)25-17-10-11-20-16(13-17)12-14(2)22(26-20)15(3)18-8-6-7-9-19(18)23(22)4/h5-13,15H,1H2,2-4H3. The fraction of sp³-hybridized carbons (Fsp3) is 0.227. The lowest BCUT2D eigenvalue weighted by Crippen LogP contribution is -2.53. The van der Waals surface area contributed by atoms with Gasteiger partial charge in [0.2, 0.25) is 5.72 Å². The van der Waals surface area contributed by atoms with E-state index >= 15 is 0 Å². The molecule has 2 unspecified atom stereocenters. The summed E-state index contributed by atoms with van der Waals surface area (Å²) in [6.07, 6.45) is 3.27. The van der Waals surface area contributed by atoms with Gasteiger partial charge in [0.25, 0.3) is 0 Å². The Bertz CT molecular complexity index is 915. The number of hydrogen-bond acceptors (Lipinski definition) is 4. The van der Waals surface area contributed by atoms with Crippen LogP contribution in [0.2, 0.25) is 0 Å². The summed E-state index contributed by atoms with van der Waals surface area (Å²) in [6, 6.07) is 13.8. The highest BCUT2D eigenvalue weighted by Crippen LogP contribution is 2.53. The summed E-state index contributed by atoms with van der Waals surface area (Å²) in [7, 11) is 2.07. The maximum atomic E-state index is 11.4. The van der Waals surface area contributed by atoms with Crippen molar-refractivity contribution >= 4 is 17.7 Å². The van der Waals surface area contributed by atoms with Crippen molar-refractivity contribution in [1.82, 2.24) is 0 Å². The first-order valence-electron chi connectivity index (χ1n) is 8.66. The lowest BCUT2D eigenvalue weighted by molar-refractivity contribution is -0.128. The van der Waals surface area contributed by atoms with Crippen LogP contribution in [0.25, 0.3) is 6.08 Å². The molecule has 0 amide bonds. The average molecular weight is 347 g/mol. The largest absolute Gasteiger partial charge is 0.463 e. The Hall–Kier alpha value is -3.01. The summed E-state index contributed by atoms with van der Waals surface area (Å²) in [5.41, 5.74) is 3.94. The van der Waals surface area contributed by atoms with Gasteiger partial charge in [0.15, 0.2) is 0 Å². The monoisotopic (exact) mass is 347 g/mol. The van der Waals surface area contributed by atoms with Crippen molar-refractivity contribution < 1.29 is 14.3 Å². The van der Waals surface area contributed by atoms with Crippen molar-refractivity contribution in [2.24, 2.45) is 0 Å². The van der Waals surface area contributed by atoms with E-state index in [2.05, 4.69) is 62.7 Å². The Morgan fingerprint density at radius 1 is 1.31 bits per heavy atom. The molecule has 4 rings (SSSR count). The van der Waals surface area contributed by atoms with Crippen LogP contribution in [0.5, 0.6) is 11.5 Å². The molecule has 132 valence electrons. The highest BCUT2D eigenvalue weighted by atomic mass is 16.5. The molecule has 2 heterocycles. The number of nitrogens with zero attached hydrogens (tertiary/aromatic N) is 1. The van der Waals surface area contributed by atoms with Crippen LogP contribution in [0, 0.1) is 0 Å². The van der Waals surface area contributed by atoms with Crippen molar-refractivity contribution in [2.75, 3.05) is 11.9 Å². The number of carbonyl (C=O) groups is 1. The summed E-state index contributed by atoms with van der Waals surface area (Å²) in [6.45, 7) is 7.71. The number of rotatable bonds is 2. The first-order chi connectivity index (χ1) is 12.5. The van der Waals surface area contributed by atoms with Crippen LogP contribution in [-0.2, 0) is 4.79 Å². The minimum absolute atomic E-state index is 0.186. The molecule has 0 aliphatic carbocycles. The van der Waals surface area contributed by atoms with Gasteiger partial charge in [-0.3, -0.25) is 0 Å². The normalized spacial score (nSPS) is 23.0. The number of esters is 1. The van der Waals surface area contributed by atoms with Crippen LogP contribution >= 0.6 is 0 Å². The first-order valence-corrected chi connectivity index (χ1v) is 8.66. The number of para-hydroxylation sites is 1. The molecule has 0 N–H and O–H groups in total. The van der Waals surface area contributed by atoms with E-state index < -0.39 is 11.7 Å². The third-order valence-corrected chi connectivity index (χ3v) is 5.42. The molecule has 0 saturated carbocycles. The summed E-state index contributed by atoms with van der Waals surface area (Å²) < 4.78 is 11.8. The molecule has 4 heteroatoms. The number of hydrogen-bond donors (Lipinski definition) is 0. The molecule has 2 atom stereocenters. The van der Waals surface area contributed by atoms with E-state index in [0.29, 0.717) is 5.75 Å². The SMILES string of the molecule is C=CC(=O)Oc1ccc2c(c1)C=C(C)C1(O2)C(C)c2ccccc2N1C. The first kappa shape index (κ1) is 16.5. The van der Waals surface area contributed by atoms with Gasteiger partial charge in [-0.2, -0.15) is 0 Å². The Labute approximate surface area is 153 Å². The highest BCUT2D eigenvalue weighted by Gasteiger charge is 2.52. The Kier molecular flexibility index (Phi) is 3.65. The predicted molar refractivity (Wildman–Crippen MR) is 103 cm³/mol. The lowest BCUT2D eigenvalue weighted by atomic mass is 9.85. The second-order valence-electron chi connectivity index (χ2n) is 6.79. The number of fused-ring (bicyclic) bond motifs is 2. The van der Waals surface area contributed by atoms with Crippen molar-refractivity contribution in [2.45, 2.75) is 25.5 Å². The average Bonchev–Trinajstić information content (AvgIpc) is 2.86. The van der Waals surface area contributed by atoms with E-state index in [4.69, 9.17) is 9.47 Å². The molecule has 0 fully saturated rings. The molecule has 0 radical (unpaired) electrons. The molecular weight excluding hydrogens is 326 g/mol. The van der Waals surface area contributed by atoms with Gasteiger partial charge in [0, 0.05) is 30.3 Å². The van der Waals surface area contributed by atoms with E-state index in [-0.39, 0.29) is 5.92 Å². The van der Waals surface area contributed by atoms with E-state index in [1.54, 1.807) is 6.07 Å². The third-order valence-electron chi connectivity index (χ3n) is 5.42. The molecule has 2 aromatic carbocycles. The van der Waals surface area contributed by atoms with Crippen LogP contribution in [0.1, 0.15) is 30.9 Å². The molecule has 2 aliphatic rings. The zero-order valence-corrected chi connectivity index (χ0v) is 15.2. The molecule has 26 heavy (non-hydrogen) atoms. The van der Waals surface area contributed by atoms with Gasteiger partial charge < -0.3 is 14.4 Å². The molecule has 2 aliphatic heterocycles. The Balaban J connectivity index is 1.76. The van der Waals surface area contributed by atoms with Crippen LogP contribution < -0.4 is 14.4 Å². The van der Waals surface area contributed by atoms with E-state index in [1.165, 1.54) is 11.3 Å². The lowest BCUT2D eigenvalue weighted by Gasteiger charge is -2.44. The fourth-order valence-corrected chi connectivity index (χ4v) is 4.14. The van der Waals surface area contributed by atoms with Crippen LogP contribution in [-0.4, -0.2) is 18.7 Å². The van der Waals surface area contributed by atoms with Gasteiger partial charge in [-0.05, 0) is 48.4 Å². The number of ether oxygens (including phenoxy) is 2. The summed E-state index contributed by atoms with van der Waals surface area (Å²) in [5, 5.41) is 0. The highest BCUT2D eigenvalue weighted by molar-refractivity contribution is 5.83. The van der Waals surface area contributed by atoms with Gasteiger partial charge in [0.05, 0.1) is 0 Å². The zero-order valence-electron chi connectivity index (χ0n) is 15.2. The quantitative estimate of drug-likeness (QED) is 0.455. The topological polar surface area (TPSA) is 38.8 Å². The van der Waals surface area contributed by atoms with Crippen molar-refractivity contribution in [1.29, 1.82) is 0 Å². The van der Waals surface area contributed by atoms with Crippen molar-refractivity contribution in [3.8, 4) is 11.5 Å². The maximum absolute atomic E-state index is 11.4. The van der Waals surface area contributed by atoms with Crippen molar-refractivity contribution in [3.63, 3.8) is 0 Å². The zero-order chi connectivity index (χ0) is 18.5. The predicted octanol–water partition coefficient (Wildman–Crippen LogP) is 4.52. The Morgan fingerprint density at radius 2 is 2.08 bits per heavy atom. The molecule has 4 nitrogen and oxygen atoms in total. The second kappa shape index (κ2) is 5.77. The maximum Gasteiger partial charge on any atom is 0.335 e. The van der Waals surface area contributed by atoms with Crippen molar-refractivity contribution in [3.05, 3.63) is 71.8 Å². The smallest absolute Gasteiger partial charge is 0.335 e. The fourth-order valence-electron chi connectivity index (χ4n) is 4.14. The van der Waals surface area contributed by atoms with E-state index in [1.807, 2.05) is 12.1 Å². The van der Waals surface area contributed by atoms with Crippen LogP contribution in [0.3, 0.4) is 0 Å². The summed E-state index contributed by atoms with van der Waals surface area (Å²) in [5.74, 6) is 0.971. The van der Waals surface area contributed by atoms with Gasteiger partial charge in [-0.1, -0.05) is 31.7 Å². The Morgan fingerprint density at radius 3 is 2.81 bits per heavy atom. The molecule has 0 bridgehead atoms. The summed E-state index contributed by atoms with van der Waals surface area (Å²) >= 11 is 0. The molecule has 0 aromatic heterocycles. The van der Waals surface area contributed by atoms with E-state index in [0.717, 1.165) is 23.0 Å². The molecule has 0 saturated heterocycles. The minimum atomic E-state index is -0.546. The number of benzene rings is 2. The summed E-state index contributed by atoms with van der Waals surface area (Å²) in [4.78, 5) is 13.7. The van der Waals surface area contributed by atoms with Crippen LogP contribution in [0.15, 0.2) is 60.7 Å². The number of anilines is 1. The van der Waals surface area contributed by atoms with E-state index in [9.17, 15) is 4.79 Å². The minimum Gasteiger partial charge on any atom is -0.463 e. The van der Waals surface area contributed by atoms with Gasteiger partial charge in [-0.25, -0.2) is 4.79 Å². The molecule has 1 spiro atoms. The number of carbonyl (C=O) groups excluding carboxylic acids is 1. The second-order valence-corrected chi connectivity index (χ2v) is 6.79. The van der Waals surface area contributed by atoms with Gasteiger partial charge >= 0.3 is 5.97 Å². The third kappa shape index (κ3) is 2.18.